The van der Waals surface area contributed by atoms with Gasteiger partial charge < -0.3 is 9.42 Å². The van der Waals surface area contributed by atoms with Crippen molar-refractivity contribution in [3.8, 4) is 11.4 Å². The van der Waals surface area contributed by atoms with Gasteiger partial charge in [0.15, 0.2) is 0 Å². The van der Waals surface area contributed by atoms with Gasteiger partial charge in [-0.2, -0.15) is 4.98 Å². The van der Waals surface area contributed by atoms with Crippen LogP contribution in [0.15, 0.2) is 53.1 Å². The second kappa shape index (κ2) is 8.51. The molecule has 1 fully saturated rings. The number of non-ortho nitro benzene ring substituents is 1. The van der Waals surface area contributed by atoms with E-state index in [0.717, 1.165) is 25.9 Å². The summed E-state index contributed by atoms with van der Waals surface area (Å²) in [6.07, 6.45) is 2.77. The van der Waals surface area contributed by atoms with Crippen LogP contribution in [0.25, 0.3) is 11.4 Å². The van der Waals surface area contributed by atoms with Crippen molar-refractivity contribution in [1.82, 2.24) is 19.9 Å². The van der Waals surface area contributed by atoms with Crippen molar-refractivity contribution in [2.75, 3.05) is 13.1 Å². The van der Waals surface area contributed by atoms with Crippen LogP contribution in [0.1, 0.15) is 29.9 Å². The molecule has 9 heteroatoms. The van der Waals surface area contributed by atoms with Crippen LogP contribution in [-0.2, 0) is 24.3 Å². The summed E-state index contributed by atoms with van der Waals surface area (Å²) in [4.78, 5) is 32.3. The van der Waals surface area contributed by atoms with Gasteiger partial charge >= 0.3 is 0 Å². The number of hydrogen-bond acceptors (Lipinski definition) is 7. The summed E-state index contributed by atoms with van der Waals surface area (Å²) in [7, 11) is 0. The topological polar surface area (TPSA) is 106 Å². The minimum absolute atomic E-state index is 0.00715. The maximum Gasteiger partial charge on any atom is 0.269 e. The molecule has 32 heavy (non-hydrogen) atoms. The Morgan fingerprint density at radius 3 is 2.53 bits per heavy atom. The highest BCUT2D eigenvalue weighted by molar-refractivity contribution is 5.83. The Balaban J connectivity index is 1.37. The Morgan fingerprint density at radius 1 is 1.09 bits per heavy atom. The van der Waals surface area contributed by atoms with Gasteiger partial charge in [-0.3, -0.25) is 19.8 Å². The quantitative estimate of drug-likeness (QED) is 0.449. The molecule has 1 aromatic heterocycles. The predicted molar refractivity (Wildman–Crippen MR) is 115 cm³/mol. The van der Waals surface area contributed by atoms with E-state index in [1.54, 1.807) is 12.1 Å². The average Bonchev–Trinajstić information content (AvgIpc) is 3.51. The van der Waals surface area contributed by atoms with E-state index >= 15 is 0 Å². The standard InChI is InChI=1S/C23H23N5O4/c29-23(26-11-3-4-12-26)20-13-17-5-1-2-6-18(17)14-27(20)15-21-24-22(25-32-21)16-7-9-19(10-8-16)28(30)31/h1-2,5-10,20H,3-4,11-15H2. The highest BCUT2D eigenvalue weighted by Crippen LogP contribution is 2.27. The number of nitrogens with zero attached hydrogens (tertiary/aromatic N) is 5. The number of hydrogen-bond donors (Lipinski definition) is 0. The maximum atomic E-state index is 13.3. The fourth-order valence-corrected chi connectivity index (χ4v) is 4.48. The number of carbonyl (C=O) groups excluding carboxylic acids is 1. The van der Waals surface area contributed by atoms with Crippen molar-refractivity contribution in [2.24, 2.45) is 0 Å². The van der Waals surface area contributed by atoms with E-state index < -0.39 is 4.92 Å². The van der Waals surface area contributed by atoms with Crippen LogP contribution < -0.4 is 0 Å². The molecule has 164 valence electrons. The van der Waals surface area contributed by atoms with Crippen molar-refractivity contribution < 1.29 is 14.2 Å². The van der Waals surface area contributed by atoms with Crippen molar-refractivity contribution >= 4 is 11.6 Å². The zero-order valence-corrected chi connectivity index (χ0v) is 17.5. The van der Waals surface area contributed by atoms with Crippen LogP contribution >= 0.6 is 0 Å². The first-order valence-electron chi connectivity index (χ1n) is 10.8. The van der Waals surface area contributed by atoms with E-state index in [1.165, 1.54) is 23.3 Å². The third-order valence-electron chi connectivity index (χ3n) is 6.19. The molecule has 2 aliphatic heterocycles. The predicted octanol–water partition coefficient (Wildman–Crippen LogP) is 3.19. The summed E-state index contributed by atoms with van der Waals surface area (Å²) in [5, 5.41) is 14.9. The summed E-state index contributed by atoms with van der Waals surface area (Å²) in [6.45, 7) is 2.62. The molecule has 0 saturated carbocycles. The summed E-state index contributed by atoms with van der Waals surface area (Å²) >= 11 is 0. The molecule has 0 bridgehead atoms. The lowest BCUT2D eigenvalue weighted by molar-refractivity contribution is -0.384. The SMILES string of the molecule is O=C(C1Cc2ccccc2CN1Cc1nc(-c2ccc([N+](=O)[O-])cc2)no1)N1CCCC1. The molecule has 1 amide bonds. The number of nitro benzene ring substituents is 1. The first-order valence-corrected chi connectivity index (χ1v) is 10.8. The number of benzene rings is 2. The van der Waals surface area contributed by atoms with Gasteiger partial charge in [0.25, 0.3) is 5.69 Å². The number of rotatable bonds is 5. The van der Waals surface area contributed by atoms with Crippen molar-refractivity contribution in [3.63, 3.8) is 0 Å². The van der Waals surface area contributed by atoms with Crippen molar-refractivity contribution in [2.45, 2.75) is 38.4 Å². The third-order valence-corrected chi connectivity index (χ3v) is 6.19. The lowest BCUT2D eigenvalue weighted by Gasteiger charge is -2.37. The first kappa shape index (κ1) is 20.3. The number of amides is 1. The minimum atomic E-state index is -0.447. The number of aromatic nitrogens is 2. The summed E-state index contributed by atoms with van der Waals surface area (Å²) < 4.78 is 5.48. The van der Waals surface area contributed by atoms with Crippen LogP contribution in [-0.4, -0.2) is 49.9 Å². The first-order chi connectivity index (χ1) is 15.6. The molecule has 1 saturated heterocycles. The molecule has 2 aliphatic rings. The second-order valence-electron chi connectivity index (χ2n) is 8.24. The van der Waals surface area contributed by atoms with E-state index in [0.29, 0.717) is 36.8 Å². The van der Waals surface area contributed by atoms with Gasteiger partial charge in [0, 0.05) is 37.3 Å². The van der Waals surface area contributed by atoms with E-state index in [2.05, 4.69) is 27.2 Å². The van der Waals surface area contributed by atoms with Gasteiger partial charge in [-0.15, -0.1) is 0 Å². The van der Waals surface area contributed by atoms with Crippen molar-refractivity contribution in [1.29, 1.82) is 0 Å². The van der Waals surface area contributed by atoms with E-state index in [1.807, 2.05) is 17.0 Å². The van der Waals surface area contributed by atoms with Gasteiger partial charge in [0.05, 0.1) is 17.5 Å². The van der Waals surface area contributed by atoms with Gasteiger partial charge in [-0.1, -0.05) is 29.4 Å². The Hall–Kier alpha value is -3.59. The van der Waals surface area contributed by atoms with Crippen LogP contribution in [0.3, 0.4) is 0 Å². The molecule has 2 aromatic carbocycles. The molecule has 0 spiro atoms. The molecular weight excluding hydrogens is 410 g/mol. The maximum absolute atomic E-state index is 13.3. The van der Waals surface area contributed by atoms with Crippen LogP contribution in [0.5, 0.6) is 0 Å². The van der Waals surface area contributed by atoms with Gasteiger partial charge in [0.1, 0.15) is 0 Å². The molecule has 3 heterocycles. The number of nitro groups is 1. The summed E-state index contributed by atoms with van der Waals surface area (Å²) in [5.74, 6) is 0.943. The minimum Gasteiger partial charge on any atom is -0.341 e. The largest absolute Gasteiger partial charge is 0.341 e. The number of likely N-dealkylation sites (tertiary alicyclic amines) is 1. The molecule has 0 radical (unpaired) electrons. The lowest BCUT2D eigenvalue weighted by Crippen LogP contribution is -2.50. The Kier molecular flexibility index (Phi) is 5.40. The Labute approximate surface area is 184 Å². The average molecular weight is 433 g/mol. The zero-order valence-electron chi connectivity index (χ0n) is 17.5. The zero-order chi connectivity index (χ0) is 22.1. The fourth-order valence-electron chi connectivity index (χ4n) is 4.48. The smallest absolute Gasteiger partial charge is 0.269 e. The molecule has 5 rings (SSSR count). The van der Waals surface area contributed by atoms with Gasteiger partial charge in [0.2, 0.25) is 17.6 Å². The molecule has 3 aromatic rings. The van der Waals surface area contributed by atoms with Crippen LogP contribution in [0.4, 0.5) is 5.69 Å². The van der Waals surface area contributed by atoms with E-state index in [4.69, 9.17) is 4.52 Å². The second-order valence-corrected chi connectivity index (χ2v) is 8.24. The highest BCUT2D eigenvalue weighted by Gasteiger charge is 2.35. The normalized spacial score (nSPS) is 18.5. The highest BCUT2D eigenvalue weighted by atomic mass is 16.6. The monoisotopic (exact) mass is 433 g/mol. The van der Waals surface area contributed by atoms with E-state index in [9.17, 15) is 14.9 Å². The van der Waals surface area contributed by atoms with Gasteiger partial charge in [-0.25, -0.2) is 0 Å². The lowest BCUT2D eigenvalue weighted by atomic mass is 9.93. The van der Waals surface area contributed by atoms with Crippen LogP contribution in [0.2, 0.25) is 0 Å². The molecule has 1 unspecified atom stereocenters. The van der Waals surface area contributed by atoms with Crippen LogP contribution in [0, 0.1) is 10.1 Å². The van der Waals surface area contributed by atoms with Gasteiger partial charge in [-0.05, 0) is 42.5 Å². The van der Waals surface area contributed by atoms with E-state index in [-0.39, 0.29) is 17.6 Å². The molecule has 9 nitrogen and oxygen atoms in total. The molecular formula is C23H23N5O4. The number of carbonyl (C=O) groups is 1. The van der Waals surface area contributed by atoms with Crippen molar-refractivity contribution in [3.05, 3.63) is 75.7 Å². The molecule has 0 aliphatic carbocycles. The molecule has 1 atom stereocenters. The molecule has 0 N–H and O–H groups in total. The Bertz CT molecular complexity index is 1140. The summed E-state index contributed by atoms with van der Waals surface area (Å²) in [5.41, 5.74) is 3.05. The number of fused-ring (bicyclic) bond motifs is 1. The summed E-state index contributed by atoms with van der Waals surface area (Å²) in [6, 6.07) is 14.0. The third kappa shape index (κ3) is 3.99. The Morgan fingerprint density at radius 2 is 1.81 bits per heavy atom. The fraction of sp³-hybridized carbons (Fsp3) is 0.348.